The molecule has 1 nitrogen and oxygen atoms in total. The van der Waals surface area contributed by atoms with Crippen molar-refractivity contribution < 1.29 is 4.74 Å². The van der Waals surface area contributed by atoms with E-state index in [1.54, 1.807) is 25.7 Å². The Morgan fingerprint density at radius 2 is 1.09 bits per heavy atom. The molecule has 1 heteroatoms. The molecule has 0 bridgehead atoms. The van der Waals surface area contributed by atoms with E-state index in [1.807, 2.05) is 0 Å². The van der Waals surface area contributed by atoms with Crippen molar-refractivity contribution >= 4 is 0 Å². The molecule has 0 aromatic heterocycles. The standard InChI is InChI=1S/C22H28O/c1-3-10-13-8(1)12-9-2-4-11-14(9)17-15(12)16(13)18-19(17)21(11)22(20(10)18)5-6-23-7-22/h8-21H,1-7H2/t8-,9-,10-,11+,12?,13-,14+,15?,16+,17+,18+,19+,20-,21+,22?/m0/s1. The molecular weight excluding hydrogens is 280 g/mol. The van der Waals surface area contributed by atoms with Gasteiger partial charge >= 0.3 is 0 Å². The summed E-state index contributed by atoms with van der Waals surface area (Å²) in [4.78, 5) is 0. The quantitative estimate of drug-likeness (QED) is 0.663. The van der Waals surface area contributed by atoms with Crippen LogP contribution in [0.4, 0.5) is 0 Å². The minimum atomic E-state index is 0.684. The van der Waals surface area contributed by atoms with E-state index in [1.165, 1.54) is 72.2 Å². The topological polar surface area (TPSA) is 9.23 Å². The largest absolute Gasteiger partial charge is 0.381 e. The van der Waals surface area contributed by atoms with Gasteiger partial charge in [0.1, 0.15) is 0 Å². The molecule has 0 aromatic carbocycles. The Labute approximate surface area is 138 Å². The lowest BCUT2D eigenvalue weighted by Crippen LogP contribution is -2.40. The van der Waals surface area contributed by atoms with Crippen molar-refractivity contribution in [3.8, 4) is 0 Å². The molecule has 1 heterocycles. The Balaban J connectivity index is 1.40. The van der Waals surface area contributed by atoms with E-state index in [4.69, 9.17) is 4.74 Å². The molecule has 1 spiro atoms. The molecule has 1 aliphatic heterocycles. The average molecular weight is 308 g/mol. The van der Waals surface area contributed by atoms with E-state index in [9.17, 15) is 0 Å². The molecule has 122 valence electrons. The van der Waals surface area contributed by atoms with Crippen LogP contribution in [0.15, 0.2) is 0 Å². The Bertz CT molecular complexity index is 600. The summed E-state index contributed by atoms with van der Waals surface area (Å²) < 4.78 is 6.19. The lowest BCUT2D eigenvalue weighted by Gasteiger charge is -2.41. The number of hydrogen-bond acceptors (Lipinski definition) is 1. The van der Waals surface area contributed by atoms with E-state index >= 15 is 0 Å². The zero-order valence-corrected chi connectivity index (χ0v) is 13.9. The summed E-state index contributed by atoms with van der Waals surface area (Å²) in [5.41, 5.74) is 0.684. The summed E-state index contributed by atoms with van der Waals surface area (Å²) in [6.45, 7) is 2.29. The van der Waals surface area contributed by atoms with Crippen LogP contribution in [0.1, 0.15) is 32.1 Å². The molecule has 3 unspecified atom stereocenters. The fourth-order valence-corrected chi connectivity index (χ4v) is 13.3. The van der Waals surface area contributed by atoms with E-state index in [2.05, 4.69) is 0 Å². The third kappa shape index (κ3) is 0.825. The monoisotopic (exact) mass is 308 g/mol. The highest BCUT2D eigenvalue weighted by molar-refractivity contribution is 5.34. The molecule has 9 fully saturated rings. The van der Waals surface area contributed by atoms with Gasteiger partial charge in [0.25, 0.3) is 0 Å². The zero-order chi connectivity index (χ0) is 14.2. The van der Waals surface area contributed by atoms with Crippen LogP contribution in [0, 0.1) is 88.3 Å². The average Bonchev–Trinajstić information content (AvgIpc) is 3.33. The Hall–Kier alpha value is -0.0400. The first-order valence-corrected chi connectivity index (χ1v) is 11.0. The van der Waals surface area contributed by atoms with Gasteiger partial charge in [-0.3, -0.25) is 0 Å². The highest BCUT2D eigenvalue weighted by atomic mass is 16.5. The number of ether oxygens (including phenoxy) is 1. The van der Waals surface area contributed by atoms with Crippen molar-refractivity contribution in [2.24, 2.45) is 88.3 Å². The predicted octanol–water partition coefficient (Wildman–Crippen LogP) is 3.69. The molecule has 1 saturated heterocycles. The summed E-state index contributed by atoms with van der Waals surface area (Å²) in [5, 5.41) is 0. The molecule has 15 atom stereocenters. The van der Waals surface area contributed by atoms with Gasteiger partial charge in [-0.1, -0.05) is 0 Å². The second-order valence-corrected chi connectivity index (χ2v) is 11.5. The van der Waals surface area contributed by atoms with Crippen LogP contribution < -0.4 is 0 Å². The molecule has 0 N–H and O–H groups in total. The second-order valence-electron chi connectivity index (χ2n) is 11.5. The maximum absolute atomic E-state index is 6.19. The summed E-state index contributed by atoms with van der Waals surface area (Å²) in [5.74, 6) is 16.7. The molecule has 0 radical (unpaired) electrons. The van der Waals surface area contributed by atoms with Crippen LogP contribution in [-0.4, -0.2) is 13.2 Å². The van der Waals surface area contributed by atoms with Gasteiger partial charge in [-0.25, -0.2) is 0 Å². The maximum Gasteiger partial charge on any atom is 0.0529 e. The molecule has 23 heavy (non-hydrogen) atoms. The van der Waals surface area contributed by atoms with Crippen molar-refractivity contribution in [1.82, 2.24) is 0 Å². The summed E-state index contributed by atoms with van der Waals surface area (Å²) >= 11 is 0. The van der Waals surface area contributed by atoms with Crippen LogP contribution in [0.2, 0.25) is 0 Å². The molecule has 0 amide bonds. The first-order chi connectivity index (χ1) is 11.4. The van der Waals surface area contributed by atoms with Gasteiger partial charge in [-0.05, 0) is 115 Å². The summed E-state index contributed by atoms with van der Waals surface area (Å²) in [6, 6.07) is 0. The number of hydrogen-bond donors (Lipinski definition) is 0. The van der Waals surface area contributed by atoms with Crippen LogP contribution in [0.5, 0.6) is 0 Å². The fraction of sp³-hybridized carbons (Fsp3) is 1.00. The highest BCUT2D eigenvalue weighted by Gasteiger charge is 2.87. The third-order valence-electron chi connectivity index (χ3n) is 12.4. The van der Waals surface area contributed by atoms with Gasteiger partial charge in [0.2, 0.25) is 0 Å². The van der Waals surface area contributed by atoms with Gasteiger partial charge in [-0.2, -0.15) is 0 Å². The predicted molar refractivity (Wildman–Crippen MR) is 85.2 cm³/mol. The number of rotatable bonds is 0. The number of fused-ring (bicyclic) bond motifs is 6. The first kappa shape index (κ1) is 11.6. The van der Waals surface area contributed by atoms with Gasteiger partial charge in [0.15, 0.2) is 0 Å². The van der Waals surface area contributed by atoms with Crippen LogP contribution >= 0.6 is 0 Å². The van der Waals surface area contributed by atoms with Crippen molar-refractivity contribution in [1.29, 1.82) is 0 Å². The Morgan fingerprint density at radius 3 is 1.65 bits per heavy atom. The molecule has 8 saturated carbocycles. The summed E-state index contributed by atoms with van der Waals surface area (Å²) in [6.07, 6.45) is 8.01. The van der Waals surface area contributed by atoms with E-state index in [0.29, 0.717) is 5.41 Å². The lowest BCUT2D eigenvalue weighted by molar-refractivity contribution is 0.0276. The smallest absolute Gasteiger partial charge is 0.0529 e. The SMILES string of the molecule is C1CC2(CO1)[C@@H]1[C@@H]3CC[C@H]4C5C6[C@H]([C@@H]1[C@H]1[C@@H]6[C@@H]6[C@H](CC[C@@H]56)[C@@H]12)[C@@H]34. The Kier molecular flexibility index (Phi) is 1.55. The van der Waals surface area contributed by atoms with Crippen molar-refractivity contribution in [2.45, 2.75) is 32.1 Å². The fourth-order valence-electron chi connectivity index (χ4n) is 13.3. The molecule has 8 aliphatic carbocycles. The molecule has 9 aliphatic rings. The van der Waals surface area contributed by atoms with Gasteiger partial charge in [0.05, 0.1) is 6.61 Å². The van der Waals surface area contributed by atoms with Crippen molar-refractivity contribution in [3.05, 3.63) is 0 Å². The minimum absolute atomic E-state index is 0.684. The zero-order valence-electron chi connectivity index (χ0n) is 13.9. The highest BCUT2D eigenvalue weighted by Crippen LogP contribution is 2.91. The van der Waals surface area contributed by atoms with E-state index in [-0.39, 0.29) is 0 Å². The van der Waals surface area contributed by atoms with E-state index < -0.39 is 0 Å². The van der Waals surface area contributed by atoms with E-state index in [0.717, 1.165) is 30.3 Å². The third-order valence-corrected chi connectivity index (χ3v) is 12.4. The molecule has 9 rings (SSSR count). The molecule has 0 aromatic rings. The summed E-state index contributed by atoms with van der Waals surface area (Å²) in [7, 11) is 0. The van der Waals surface area contributed by atoms with Crippen LogP contribution in [-0.2, 0) is 4.74 Å². The van der Waals surface area contributed by atoms with Gasteiger partial charge in [0, 0.05) is 12.0 Å². The Morgan fingerprint density at radius 1 is 0.565 bits per heavy atom. The maximum atomic E-state index is 6.19. The van der Waals surface area contributed by atoms with Gasteiger partial charge in [-0.15, -0.1) is 0 Å². The van der Waals surface area contributed by atoms with Crippen LogP contribution in [0.3, 0.4) is 0 Å². The first-order valence-electron chi connectivity index (χ1n) is 11.0. The molecular formula is C22H28O. The van der Waals surface area contributed by atoms with Crippen molar-refractivity contribution in [3.63, 3.8) is 0 Å². The lowest BCUT2D eigenvalue weighted by atomic mass is 9.62. The second kappa shape index (κ2) is 3.08. The van der Waals surface area contributed by atoms with Crippen molar-refractivity contribution in [2.75, 3.05) is 13.2 Å². The normalized spacial score (nSPS) is 82.4. The van der Waals surface area contributed by atoms with Gasteiger partial charge < -0.3 is 4.74 Å². The van der Waals surface area contributed by atoms with Crippen LogP contribution in [0.25, 0.3) is 0 Å². The minimum Gasteiger partial charge on any atom is -0.381 e.